The van der Waals surface area contributed by atoms with Gasteiger partial charge in [-0.1, -0.05) is 72.8 Å². The zero-order chi connectivity index (χ0) is 26.8. The van der Waals surface area contributed by atoms with Crippen LogP contribution in [0.3, 0.4) is 0 Å². The summed E-state index contributed by atoms with van der Waals surface area (Å²) in [6.45, 7) is 0. The Bertz CT molecular complexity index is 1580. The summed E-state index contributed by atoms with van der Waals surface area (Å²) in [6.07, 6.45) is 4.25. The topological polar surface area (TPSA) is 87.7 Å². The molecule has 4 aromatic carbocycles. The van der Waals surface area contributed by atoms with Gasteiger partial charge >= 0.3 is 15.6 Å². The van der Waals surface area contributed by atoms with Gasteiger partial charge in [-0.2, -0.15) is 0 Å². The van der Waals surface area contributed by atoms with Gasteiger partial charge in [0.1, 0.15) is 17.2 Å². The molecule has 5 rings (SSSR count). The molecule has 0 saturated carbocycles. The summed E-state index contributed by atoms with van der Waals surface area (Å²) < 4.78 is 33.6. The molecule has 0 bridgehead atoms. The van der Waals surface area contributed by atoms with Crippen molar-refractivity contribution < 1.29 is 18.3 Å². The predicted molar refractivity (Wildman–Crippen MR) is 161 cm³/mol. The third kappa shape index (κ3) is 6.11. The molecule has 12 heteroatoms. The zero-order valence-corrected chi connectivity index (χ0v) is 24.3. The van der Waals surface area contributed by atoms with Crippen molar-refractivity contribution in [2.75, 3.05) is 7.11 Å². The van der Waals surface area contributed by atoms with Crippen LogP contribution in [0.4, 0.5) is 0 Å². The van der Waals surface area contributed by atoms with Crippen molar-refractivity contribution in [1.29, 1.82) is 0 Å². The Kier molecular flexibility index (Phi) is 7.88. The number of nitrogens with zero attached hydrogens (tertiary/aromatic N) is 2. The average molecular weight is 605 g/mol. The van der Waals surface area contributed by atoms with Gasteiger partial charge in [-0.25, -0.2) is 4.52 Å². The highest BCUT2D eigenvalue weighted by molar-refractivity contribution is 8.10. The number of rotatable bonds is 6. The minimum Gasteiger partial charge on any atom is -0.496 e. The zero-order valence-electron chi connectivity index (χ0n) is 20.1. The van der Waals surface area contributed by atoms with E-state index < -0.39 is 21.5 Å². The third-order valence-corrected chi connectivity index (χ3v) is 11.2. The number of methoxy groups -OCH3 is 1. The van der Waals surface area contributed by atoms with Crippen LogP contribution < -0.4 is 23.8 Å². The monoisotopic (exact) mass is 604 g/mol. The lowest BCUT2D eigenvalue weighted by atomic mass is 10.0. The SMILES string of the molecule is C=P1(N=[P+](N=P(N)(Cl)Cl)Oc2ccccc2-c2ccccc2OC)Oc2ccccc2-c2ccccc2O1. The van der Waals surface area contributed by atoms with Crippen LogP contribution in [0.25, 0.3) is 22.3 Å². The number of para-hydroxylation sites is 4. The maximum absolute atomic E-state index is 6.34. The highest BCUT2D eigenvalue weighted by Crippen LogP contribution is 2.64. The molecule has 1 aliphatic heterocycles. The van der Waals surface area contributed by atoms with Gasteiger partial charge in [0.2, 0.25) is 0 Å². The quantitative estimate of drug-likeness (QED) is 0.221. The minimum atomic E-state index is -3.25. The fourth-order valence-corrected chi connectivity index (χ4v) is 9.04. The second kappa shape index (κ2) is 11.2. The molecule has 2 N–H and O–H groups in total. The largest absolute Gasteiger partial charge is 0.596 e. The number of hydrogen-bond acceptors (Lipinski definition) is 5. The normalized spacial score (nSPS) is 14.2. The van der Waals surface area contributed by atoms with E-state index in [1.54, 1.807) is 13.2 Å². The summed E-state index contributed by atoms with van der Waals surface area (Å²) in [7, 11) is -3.74. The lowest BCUT2D eigenvalue weighted by Crippen LogP contribution is -1.97. The summed E-state index contributed by atoms with van der Waals surface area (Å²) in [5.41, 5.74) is 9.28. The molecular weight excluding hydrogens is 582 g/mol. The lowest BCUT2D eigenvalue weighted by molar-refractivity contribution is 0.416. The van der Waals surface area contributed by atoms with E-state index in [0.717, 1.165) is 22.3 Å². The van der Waals surface area contributed by atoms with Crippen molar-refractivity contribution in [2.45, 2.75) is 0 Å². The highest BCUT2D eigenvalue weighted by atomic mass is 35.9. The van der Waals surface area contributed by atoms with E-state index in [4.69, 9.17) is 50.8 Å². The lowest BCUT2D eigenvalue weighted by Gasteiger charge is -2.16. The minimum absolute atomic E-state index is 0.486. The molecule has 1 heterocycles. The number of nitrogens with two attached hydrogens (primary N) is 1. The Morgan fingerprint density at radius 3 is 1.74 bits per heavy atom. The van der Waals surface area contributed by atoms with Crippen molar-refractivity contribution in [3.05, 3.63) is 97.1 Å². The van der Waals surface area contributed by atoms with E-state index >= 15 is 0 Å². The molecule has 1 aliphatic rings. The van der Waals surface area contributed by atoms with Crippen molar-refractivity contribution in [3.8, 4) is 45.3 Å². The fraction of sp³-hybridized carbons (Fsp3) is 0.0385. The highest BCUT2D eigenvalue weighted by Gasteiger charge is 2.35. The Labute approximate surface area is 231 Å². The van der Waals surface area contributed by atoms with Crippen LogP contribution in [0, 0.1) is 0 Å². The maximum atomic E-state index is 6.34. The average Bonchev–Trinajstić information content (AvgIpc) is 3.01. The first-order chi connectivity index (χ1) is 18.2. The Balaban J connectivity index is 1.62. The Morgan fingerprint density at radius 2 is 1.21 bits per heavy atom. The number of fused-ring (bicyclic) bond motifs is 3. The van der Waals surface area contributed by atoms with Gasteiger partial charge in [0.15, 0.2) is 5.75 Å². The smallest absolute Gasteiger partial charge is 0.496 e. The van der Waals surface area contributed by atoms with E-state index in [2.05, 4.69) is 10.8 Å². The summed E-state index contributed by atoms with van der Waals surface area (Å²) in [5, 5.41) is 0. The van der Waals surface area contributed by atoms with Crippen LogP contribution in [-0.4, -0.2) is 13.4 Å². The van der Waals surface area contributed by atoms with Crippen LogP contribution >= 0.6 is 44.0 Å². The van der Waals surface area contributed by atoms with Crippen LogP contribution in [0.2, 0.25) is 0 Å². The first-order valence-corrected chi connectivity index (χ1v) is 17.8. The van der Waals surface area contributed by atoms with Crippen LogP contribution in [0.15, 0.2) is 106 Å². The van der Waals surface area contributed by atoms with Gasteiger partial charge in [-0.3, -0.25) is 5.50 Å². The first kappa shape index (κ1) is 26.8. The number of hydrogen-bond donors (Lipinski definition) is 1. The van der Waals surface area contributed by atoms with Gasteiger partial charge in [-0.15, -0.1) is 0 Å². The van der Waals surface area contributed by atoms with E-state index in [1.807, 2.05) is 91.0 Å². The standard InChI is InChI=1S/C26H23Cl2N3O4P3/c1-32-23-15-7-3-11-19(23)20-12-4-8-16-24(20)33-36(31-38(27,28)29)30-37(2)34-25-17-9-5-13-21(25)22-14-6-10-18-26(22)35-37/h3-18H,2,29H2,1H3/q+1. The van der Waals surface area contributed by atoms with Crippen LogP contribution in [0.1, 0.15) is 0 Å². The number of ether oxygens (including phenoxy) is 1. The molecule has 0 amide bonds. The first-order valence-electron chi connectivity index (χ1n) is 11.3. The summed E-state index contributed by atoms with van der Waals surface area (Å²) >= 11 is 12.4. The third-order valence-electron chi connectivity index (χ3n) is 5.42. The maximum Gasteiger partial charge on any atom is 0.596 e. The van der Waals surface area contributed by atoms with Gasteiger partial charge < -0.3 is 13.8 Å². The van der Waals surface area contributed by atoms with E-state index in [-0.39, 0.29) is 0 Å². The molecule has 0 spiro atoms. The van der Waals surface area contributed by atoms with Gasteiger partial charge in [0, 0.05) is 26.8 Å². The summed E-state index contributed by atoms with van der Waals surface area (Å²) in [6, 6.07) is 30.3. The van der Waals surface area contributed by atoms with Crippen LogP contribution in [0.5, 0.6) is 23.0 Å². The van der Waals surface area contributed by atoms with Crippen molar-refractivity contribution in [2.24, 2.45) is 14.5 Å². The summed E-state index contributed by atoms with van der Waals surface area (Å²) in [4.78, 5) is 0. The fourth-order valence-electron chi connectivity index (χ4n) is 3.90. The van der Waals surface area contributed by atoms with Crippen molar-refractivity contribution >= 4 is 50.3 Å². The summed E-state index contributed by atoms with van der Waals surface area (Å²) in [5.74, 6) is -0.884. The molecule has 0 aromatic heterocycles. The van der Waals surface area contributed by atoms with Crippen LogP contribution in [-0.2, 0) is 0 Å². The molecule has 38 heavy (non-hydrogen) atoms. The molecule has 194 valence electrons. The van der Waals surface area contributed by atoms with E-state index in [0.29, 0.717) is 23.0 Å². The van der Waals surface area contributed by atoms with E-state index in [1.165, 1.54) is 0 Å². The second-order valence-corrected chi connectivity index (χ2v) is 16.5. The number of halogens is 2. The Hall–Kier alpha value is -2.75. The van der Waals surface area contributed by atoms with Crippen molar-refractivity contribution in [3.63, 3.8) is 0 Å². The molecule has 4 aromatic rings. The molecule has 0 saturated heterocycles. The Morgan fingerprint density at radius 1 is 0.763 bits per heavy atom. The van der Waals surface area contributed by atoms with Gasteiger partial charge in [0.05, 0.1) is 11.6 Å². The molecule has 7 nitrogen and oxygen atoms in total. The van der Waals surface area contributed by atoms with Crippen molar-refractivity contribution in [1.82, 2.24) is 0 Å². The molecule has 0 radical (unpaired) electrons. The molecular formula is C26H23Cl2N3O4P3+. The van der Waals surface area contributed by atoms with Gasteiger partial charge in [-0.05, 0) is 53.0 Å². The van der Waals surface area contributed by atoms with E-state index in [9.17, 15) is 0 Å². The molecule has 0 fully saturated rings. The predicted octanol–water partition coefficient (Wildman–Crippen LogP) is 9.95. The second-order valence-electron chi connectivity index (χ2n) is 8.06. The molecule has 1 unspecified atom stereocenters. The number of benzene rings is 4. The van der Waals surface area contributed by atoms with Gasteiger partial charge in [0.25, 0.3) is 5.91 Å². The molecule has 1 atom stereocenters. The molecule has 0 aliphatic carbocycles.